The summed E-state index contributed by atoms with van der Waals surface area (Å²) < 4.78 is 28.3. The molecule has 2 aromatic rings. The normalized spacial score (nSPS) is 33.5. The first-order valence-electron chi connectivity index (χ1n) is 16.5. The van der Waals surface area contributed by atoms with Crippen LogP contribution in [0.5, 0.6) is 5.75 Å². The average molecular weight is 650 g/mol. The molecule has 47 heavy (non-hydrogen) atoms. The Morgan fingerprint density at radius 2 is 1.64 bits per heavy atom. The molecule has 4 fully saturated rings. The Labute approximate surface area is 272 Å². The summed E-state index contributed by atoms with van der Waals surface area (Å²) in [7, 11) is 0. The van der Waals surface area contributed by atoms with Gasteiger partial charge < -0.3 is 28.5 Å². The van der Waals surface area contributed by atoms with E-state index in [0.29, 0.717) is 29.1 Å². The van der Waals surface area contributed by atoms with Crippen LogP contribution in [0.4, 0.5) is 0 Å². The fraction of sp³-hybridized carbons (Fsp3) is 0.571. The zero-order valence-corrected chi connectivity index (χ0v) is 26.2. The number of hydrogen-bond donors (Lipinski definition) is 0. The van der Waals surface area contributed by atoms with Crippen molar-refractivity contribution in [1.82, 2.24) is 0 Å². The quantitative estimate of drug-likeness (QED) is 0.160. The van der Waals surface area contributed by atoms with E-state index in [0.717, 1.165) is 38.5 Å². The Balaban J connectivity index is 0.905. The van der Waals surface area contributed by atoms with E-state index >= 15 is 0 Å². The van der Waals surface area contributed by atoms with Gasteiger partial charge in [-0.1, -0.05) is 31.2 Å². The fourth-order valence-corrected chi connectivity index (χ4v) is 8.89. The highest BCUT2D eigenvalue weighted by molar-refractivity contribution is 5.91. The van der Waals surface area contributed by atoms with Gasteiger partial charge in [-0.2, -0.15) is 0 Å². The van der Waals surface area contributed by atoms with Crippen molar-refractivity contribution in [3.05, 3.63) is 75.3 Å². The van der Waals surface area contributed by atoms with Gasteiger partial charge in [0.05, 0.1) is 31.6 Å². The summed E-state index contributed by atoms with van der Waals surface area (Å²) in [6, 6.07) is 15.0. The average Bonchev–Trinajstić information content (AvgIpc) is 3.74. The number of rotatable bonds is 9. The Kier molecular flexibility index (Phi) is 8.65. The van der Waals surface area contributed by atoms with Crippen LogP contribution in [-0.2, 0) is 39.8 Å². The Morgan fingerprint density at radius 1 is 0.915 bits per heavy atom. The SMILES string of the molecule is C[C@]12CC[C@@H]3c4ccc(OC(=O)c5ccccc5)cc4CC[C@H]3[C@@H]1CC[C@@H]2OC(=O)CCC(=O)O[C@H]1CO[C@H]2[C@@H]1OC[C@H]2O[N+](=O)[O-]. The van der Waals surface area contributed by atoms with Gasteiger partial charge in [-0.05, 0) is 91.7 Å². The van der Waals surface area contributed by atoms with Crippen LogP contribution in [0.2, 0.25) is 0 Å². The zero-order valence-electron chi connectivity index (χ0n) is 26.2. The molecule has 7 rings (SSSR count). The molecule has 0 radical (unpaired) electrons. The monoisotopic (exact) mass is 649 g/mol. The van der Waals surface area contributed by atoms with Crippen LogP contribution in [0.3, 0.4) is 0 Å². The van der Waals surface area contributed by atoms with E-state index in [4.69, 9.17) is 23.7 Å². The van der Waals surface area contributed by atoms with Crippen LogP contribution in [0.1, 0.15) is 79.3 Å². The number of ether oxygens (including phenoxy) is 5. The lowest BCUT2D eigenvalue weighted by Gasteiger charge is -2.50. The van der Waals surface area contributed by atoms with Gasteiger partial charge in [-0.15, -0.1) is 10.1 Å². The number of benzene rings is 2. The predicted octanol–water partition coefficient (Wildman–Crippen LogP) is 4.74. The molecule has 0 amide bonds. The second-order valence-electron chi connectivity index (χ2n) is 13.6. The largest absolute Gasteiger partial charge is 0.462 e. The number of esters is 3. The van der Waals surface area contributed by atoms with Crippen molar-refractivity contribution in [3.8, 4) is 5.75 Å². The van der Waals surface area contributed by atoms with Crippen LogP contribution < -0.4 is 4.74 Å². The van der Waals surface area contributed by atoms with Crippen molar-refractivity contribution in [3.63, 3.8) is 0 Å². The molecule has 2 saturated heterocycles. The van der Waals surface area contributed by atoms with Crippen LogP contribution in [-0.4, -0.2) is 66.7 Å². The minimum atomic E-state index is -0.887. The van der Waals surface area contributed by atoms with E-state index in [1.807, 2.05) is 30.3 Å². The predicted molar refractivity (Wildman–Crippen MR) is 163 cm³/mol. The van der Waals surface area contributed by atoms with Crippen molar-refractivity contribution in [2.45, 2.75) is 94.7 Å². The molecule has 9 atom stereocenters. The summed E-state index contributed by atoms with van der Waals surface area (Å²) in [5.74, 6) is 0.548. The van der Waals surface area contributed by atoms with Gasteiger partial charge in [0.2, 0.25) is 0 Å². The maximum Gasteiger partial charge on any atom is 0.343 e. The summed E-state index contributed by atoms with van der Waals surface area (Å²) >= 11 is 0. The second-order valence-corrected chi connectivity index (χ2v) is 13.6. The van der Waals surface area contributed by atoms with Crippen molar-refractivity contribution < 1.29 is 48.0 Å². The topological polar surface area (TPSA) is 150 Å². The van der Waals surface area contributed by atoms with Crippen LogP contribution in [0.15, 0.2) is 48.5 Å². The summed E-state index contributed by atoms with van der Waals surface area (Å²) in [6.07, 6.45) is 2.32. The van der Waals surface area contributed by atoms with Gasteiger partial charge in [-0.25, -0.2) is 4.79 Å². The van der Waals surface area contributed by atoms with Crippen molar-refractivity contribution in [2.24, 2.45) is 17.3 Å². The molecule has 2 heterocycles. The van der Waals surface area contributed by atoms with E-state index in [2.05, 4.69) is 17.8 Å². The van der Waals surface area contributed by atoms with Gasteiger partial charge in [-0.3, -0.25) is 9.59 Å². The number of nitrogens with zero attached hydrogens (tertiary/aromatic N) is 1. The molecule has 2 aromatic carbocycles. The highest BCUT2D eigenvalue weighted by Crippen LogP contribution is 2.61. The molecular weight excluding hydrogens is 610 g/mol. The van der Waals surface area contributed by atoms with Gasteiger partial charge in [0.15, 0.2) is 12.2 Å². The number of aryl methyl sites for hydroxylation is 1. The highest BCUT2D eigenvalue weighted by atomic mass is 17.0. The molecule has 0 unspecified atom stereocenters. The Hall–Kier alpha value is -4.03. The zero-order chi connectivity index (χ0) is 32.7. The van der Waals surface area contributed by atoms with Crippen LogP contribution >= 0.6 is 0 Å². The summed E-state index contributed by atoms with van der Waals surface area (Å²) in [4.78, 5) is 53.4. The first-order chi connectivity index (χ1) is 22.7. The van der Waals surface area contributed by atoms with Gasteiger partial charge in [0, 0.05) is 5.41 Å². The Morgan fingerprint density at radius 3 is 2.40 bits per heavy atom. The first kappa shape index (κ1) is 31.6. The summed E-state index contributed by atoms with van der Waals surface area (Å²) in [5.41, 5.74) is 2.97. The molecule has 12 nitrogen and oxygen atoms in total. The molecule has 0 spiro atoms. The van der Waals surface area contributed by atoms with Gasteiger partial charge >= 0.3 is 17.9 Å². The second kappa shape index (κ2) is 12.9. The lowest BCUT2D eigenvalue weighted by Crippen LogP contribution is -2.45. The first-order valence-corrected chi connectivity index (χ1v) is 16.5. The van der Waals surface area contributed by atoms with Crippen molar-refractivity contribution in [1.29, 1.82) is 0 Å². The molecule has 12 heteroatoms. The third-order valence-corrected chi connectivity index (χ3v) is 11.1. The van der Waals surface area contributed by atoms with Crippen LogP contribution in [0, 0.1) is 27.4 Å². The van der Waals surface area contributed by atoms with E-state index < -0.39 is 41.4 Å². The molecule has 2 aliphatic heterocycles. The molecule has 3 aliphatic carbocycles. The van der Waals surface area contributed by atoms with Gasteiger partial charge in [0.1, 0.15) is 24.1 Å². The molecule has 2 saturated carbocycles. The maximum absolute atomic E-state index is 12.9. The minimum Gasteiger partial charge on any atom is -0.462 e. The lowest BCUT2D eigenvalue weighted by molar-refractivity contribution is -0.769. The van der Waals surface area contributed by atoms with E-state index in [1.165, 1.54) is 11.1 Å². The summed E-state index contributed by atoms with van der Waals surface area (Å²) in [5, 5.41) is 9.80. The van der Waals surface area contributed by atoms with Crippen LogP contribution in [0.25, 0.3) is 0 Å². The van der Waals surface area contributed by atoms with E-state index in [9.17, 15) is 24.5 Å². The van der Waals surface area contributed by atoms with E-state index in [1.54, 1.807) is 12.1 Å². The lowest BCUT2D eigenvalue weighted by atomic mass is 9.55. The molecule has 0 bridgehead atoms. The standard InChI is InChI=1S/C35H39NO11/c1-35-16-15-24-23-10-8-22(44-34(39)20-5-3-2-4-6-20)17-21(23)7-9-25(24)26(35)11-12-29(35)46-31(38)14-13-30(37)45-27-18-42-33-28(47-36(40)41)19-43-32(27)33/h2-6,8,10,17,24-29,32-33H,7,9,11-16,18-19H2,1H3/t24-,25-,26+,27+,28-,29+,32-,33-,35+/m1/s1. The van der Waals surface area contributed by atoms with Gasteiger partial charge in [0.25, 0.3) is 5.09 Å². The third kappa shape index (κ3) is 6.20. The molecule has 0 aromatic heterocycles. The Bertz CT molecular complexity index is 1530. The number of carbonyl (C=O) groups is 3. The number of fused-ring (bicyclic) bond motifs is 6. The maximum atomic E-state index is 12.9. The molecule has 5 aliphatic rings. The minimum absolute atomic E-state index is 0.0286. The molecule has 250 valence electrons. The van der Waals surface area contributed by atoms with E-state index in [-0.39, 0.29) is 43.5 Å². The van der Waals surface area contributed by atoms with Crippen molar-refractivity contribution in [2.75, 3.05) is 13.2 Å². The smallest absolute Gasteiger partial charge is 0.343 e. The summed E-state index contributed by atoms with van der Waals surface area (Å²) in [6.45, 7) is 2.27. The number of hydrogen-bond acceptors (Lipinski definition) is 11. The van der Waals surface area contributed by atoms with Crippen molar-refractivity contribution >= 4 is 17.9 Å². The molecular formula is C35H39NO11. The molecule has 0 N–H and O–H groups in total. The fourth-order valence-electron chi connectivity index (χ4n) is 8.89. The number of carbonyl (C=O) groups excluding carboxylic acids is 3. The third-order valence-electron chi connectivity index (χ3n) is 11.1. The highest BCUT2D eigenvalue weighted by Gasteiger charge is 2.56.